The van der Waals surface area contributed by atoms with Gasteiger partial charge < -0.3 is 5.11 Å². The molecule has 0 aliphatic carbocycles. The number of aromatic nitrogens is 2. The van der Waals surface area contributed by atoms with Crippen LogP contribution in [0.25, 0.3) is 0 Å². The molecule has 0 bridgehead atoms. The molecular formula is C10H7ClFN3O4S. The van der Waals surface area contributed by atoms with Crippen LogP contribution in [0.1, 0.15) is 10.4 Å². The van der Waals surface area contributed by atoms with Gasteiger partial charge in [-0.15, -0.1) is 0 Å². The zero-order valence-electron chi connectivity index (χ0n) is 9.59. The lowest BCUT2D eigenvalue weighted by molar-refractivity contribution is 0.0692. The van der Waals surface area contributed by atoms with Crippen LogP contribution in [0.15, 0.2) is 29.4 Å². The van der Waals surface area contributed by atoms with Gasteiger partial charge in [0.05, 0.1) is 11.9 Å². The number of nitrogens with zero attached hydrogens (tertiary/aromatic N) is 1. The van der Waals surface area contributed by atoms with Gasteiger partial charge in [0, 0.05) is 5.02 Å². The number of H-pyrrole nitrogens is 1. The maximum absolute atomic E-state index is 13.1. The third-order valence-electron chi connectivity index (χ3n) is 2.22. The Morgan fingerprint density at radius 1 is 1.40 bits per heavy atom. The van der Waals surface area contributed by atoms with E-state index in [0.29, 0.717) is 0 Å². The highest BCUT2D eigenvalue weighted by Gasteiger charge is 2.25. The summed E-state index contributed by atoms with van der Waals surface area (Å²) in [6.07, 6.45) is 0.857. The number of aromatic carboxylic acids is 1. The summed E-state index contributed by atoms with van der Waals surface area (Å²) in [5.41, 5.74) is -0.666. The van der Waals surface area contributed by atoms with Gasteiger partial charge in [0.25, 0.3) is 10.0 Å². The number of halogens is 2. The molecular weight excluding hydrogens is 313 g/mol. The number of aromatic amines is 1. The van der Waals surface area contributed by atoms with E-state index in [1.165, 1.54) is 6.07 Å². The molecule has 1 heterocycles. The van der Waals surface area contributed by atoms with Crippen molar-refractivity contribution >= 4 is 33.3 Å². The topological polar surface area (TPSA) is 112 Å². The molecule has 0 spiro atoms. The molecule has 0 amide bonds. The normalized spacial score (nSPS) is 11.3. The number of carboxylic acids is 1. The molecule has 0 saturated carbocycles. The van der Waals surface area contributed by atoms with E-state index in [9.17, 15) is 17.6 Å². The van der Waals surface area contributed by atoms with Crippen LogP contribution in [0.2, 0.25) is 5.02 Å². The Bertz CT molecular complexity index is 754. The fourth-order valence-corrected chi connectivity index (χ4v) is 2.80. The van der Waals surface area contributed by atoms with Crippen molar-refractivity contribution in [1.29, 1.82) is 0 Å². The summed E-state index contributed by atoms with van der Waals surface area (Å²) in [5, 5.41) is 13.6. The number of hydrogen-bond acceptors (Lipinski definition) is 4. The summed E-state index contributed by atoms with van der Waals surface area (Å²) in [6.45, 7) is 0. The lowest BCUT2D eigenvalue weighted by atomic mass is 10.3. The third-order valence-corrected chi connectivity index (χ3v) is 3.79. The molecule has 0 unspecified atom stereocenters. The molecule has 0 aliphatic rings. The molecule has 1 aromatic heterocycles. The summed E-state index contributed by atoms with van der Waals surface area (Å²) in [4.78, 5) is 10.9. The average Bonchev–Trinajstić information content (AvgIpc) is 2.75. The van der Waals surface area contributed by atoms with Crippen LogP contribution in [-0.2, 0) is 10.0 Å². The number of benzene rings is 1. The highest BCUT2D eigenvalue weighted by molar-refractivity contribution is 7.92. The van der Waals surface area contributed by atoms with E-state index in [-0.39, 0.29) is 10.7 Å². The van der Waals surface area contributed by atoms with Crippen molar-refractivity contribution in [2.24, 2.45) is 0 Å². The van der Waals surface area contributed by atoms with Gasteiger partial charge in [0.1, 0.15) is 11.4 Å². The third kappa shape index (κ3) is 2.89. The number of nitrogens with one attached hydrogen (secondary N) is 2. The van der Waals surface area contributed by atoms with Gasteiger partial charge in [-0.3, -0.25) is 9.82 Å². The summed E-state index contributed by atoms with van der Waals surface area (Å²) < 4.78 is 39.1. The number of hydrogen-bond donors (Lipinski definition) is 3. The maximum atomic E-state index is 13.1. The molecule has 10 heteroatoms. The van der Waals surface area contributed by atoms with Crippen molar-refractivity contribution < 1.29 is 22.7 Å². The Morgan fingerprint density at radius 2 is 2.10 bits per heavy atom. The monoisotopic (exact) mass is 319 g/mol. The quantitative estimate of drug-likeness (QED) is 0.794. The molecule has 1 aromatic carbocycles. The Balaban J connectivity index is 2.41. The maximum Gasteiger partial charge on any atom is 0.340 e. The largest absolute Gasteiger partial charge is 0.478 e. The van der Waals surface area contributed by atoms with Crippen molar-refractivity contribution in [2.75, 3.05) is 4.72 Å². The first-order valence-electron chi connectivity index (χ1n) is 5.05. The first-order chi connectivity index (χ1) is 9.29. The summed E-state index contributed by atoms with van der Waals surface area (Å²) >= 11 is 5.60. The molecule has 7 nitrogen and oxygen atoms in total. The second kappa shape index (κ2) is 5.10. The van der Waals surface area contributed by atoms with Crippen molar-refractivity contribution in [2.45, 2.75) is 5.03 Å². The second-order valence-corrected chi connectivity index (χ2v) is 5.74. The van der Waals surface area contributed by atoms with E-state index in [1.807, 2.05) is 4.72 Å². The van der Waals surface area contributed by atoms with Crippen molar-refractivity contribution in [3.63, 3.8) is 0 Å². The highest BCUT2D eigenvalue weighted by atomic mass is 35.5. The van der Waals surface area contributed by atoms with Crippen LogP contribution >= 0.6 is 11.6 Å². The Labute approximate surface area is 117 Å². The van der Waals surface area contributed by atoms with Gasteiger partial charge >= 0.3 is 5.97 Å². The van der Waals surface area contributed by atoms with Crippen LogP contribution in [-0.4, -0.2) is 29.7 Å². The predicted octanol–water partition coefficient (Wildman–Crippen LogP) is 1.70. The molecule has 3 N–H and O–H groups in total. The standard InChI is InChI=1S/C10H7ClFN3O4S/c11-5-1-6(12)3-7(2-5)15-20(18,19)9-8(10(16)17)4-13-14-9/h1-4,15H,(H,13,14)(H,16,17). The zero-order chi connectivity index (χ0) is 14.9. The number of carbonyl (C=O) groups is 1. The first kappa shape index (κ1) is 14.3. The van der Waals surface area contributed by atoms with Gasteiger partial charge in [-0.1, -0.05) is 11.6 Å². The number of sulfonamides is 1. The molecule has 20 heavy (non-hydrogen) atoms. The van der Waals surface area contributed by atoms with Crippen LogP contribution in [0.4, 0.5) is 10.1 Å². The number of rotatable bonds is 4. The smallest absolute Gasteiger partial charge is 0.340 e. The van der Waals surface area contributed by atoms with E-state index in [1.54, 1.807) is 0 Å². The van der Waals surface area contributed by atoms with E-state index >= 15 is 0 Å². The molecule has 106 valence electrons. The van der Waals surface area contributed by atoms with Gasteiger partial charge in [0.15, 0.2) is 5.03 Å². The fraction of sp³-hybridized carbons (Fsp3) is 0. The van der Waals surface area contributed by atoms with Crippen molar-refractivity contribution in [3.8, 4) is 0 Å². The summed E-state index contributed by atoms with van der Waals surface area (Å²) in [6, 6.07) is 3.08. The van der Waals surface area contributed by atoms with Crippen LogP contribution in [0, 0.1) is 5.82 Å². The highest BCUT2D eigenvalue weighted by Crippen LogP contribution is 2.22. The number of carboxylic acid groups (broad SMARTS) is 1. The molecule has 2 rings (SSSR count). The van der Waals surface area contributed by atoms with E-state index in [0.717, 1.165) is 18.3 Å². The minimum Gasteiger partial charge on any atom is -0.478 e. The lowest BCUT2D eigenvalue weighted by Gasteiger charge is -2.07. The number of anilines is 1. The zero-order valence-corrected chi connectivity index (χ0v) is 11.2. The summed E-state index contributed by atoms with van der Waals surface area (Å²) in [7, 11) is -4.25. The van der Waals surface area contributed by atoms with Crippen molar-refractivity contribution in [3.05, 3.63) is 40.8 Å². The molecule has 2 aromatic rings. The van der Waals surface area contributed by atoms with Gasteiger partial charge in [-0.05, 0) is 18.2 Å². The van der Waals surface area contributed by atoms with Gasteiger partial charge in [-0.25, -0.2) is 9.18 Å². The Kier molecular flexibility index (Phi) is 3.64. The van der Waals surface area contributed by atoms with Crippen LogP contribution < -0.4 is 4.72 Å². The SMILES string of the molecule is O=C(O)c1cn[nH]c1S(=O)(=O)Nc1cc(F)cc(Cl)c1. The van der Waals surface area contributed by atoms with Crippen LogP contribution in [0.3, 0.4) is 0 Å². The fourth-order valence-electron chi connectivity index (χ4n) is 1.45. The van der Waals surface area contributed by atoms with E-state index < -0.39 is 32.4 Å². The van der Waals surface area contributed by atoms with Crippen molar-refractivity contribution in [1.82, 2.24) is 10.2 Å². The van der Waals surface area contributed by atoms with Gasteiger partial charge in [-0.2, -0.15) is 13.5 Å². The Hall–Kier alpha value is -2.13. The average molecular weight is 320 g/mol. The minimum atomic E-state index is -4.25. The second-order valence-electron chi connectivity index (χ2n) is 3.68. The molecule has 0 aliphatic heterocycles. The minimum absolute atomic E-state index is 0.00855. The van der Waals surface area contributed by atoms with Crippen LogP contribution in [0.5, 0.6) is 0 Å². The summed E-state index contributed by atoms with van der Waals surface area (Å²) in [5.74, 6) is -2.20. The molecule has 0 saturated heterocycles. The van der Waals surface area contributed by atoms with E-state index in [2.05, 4.69) is 10.2 Å². The molecule has 0 radical (unpaired) electrons. The van der Waals surface area contributed by atoms with Gasteiger partial charge in [0.2, 0.25) is 0 Å². The molecule has 0 atom stereocenters. The molecule has 0 fully saturated rings. The Morgan fingerprint density at radius 3 is 2.70 bits per heavy atom. The predicted molar refractivity (Wildman–Crippen MR) is 67.8 cm³/mol. The van der Waals surface area contributed by atoms with E-state index in [4.69, 9.17) is 16.7 Å². The first-order valence-corrected chi connectivity index (χ1v) is 6.91. The lowest BCUT2D eigenvalue weighted by Crippen LogP contribution is -2.16.